The van der Waals surface area contributed by atoms with Gasteiger partial charge in [0.1, 0.15) is 12.7 Å². The fourth-order valence-electron chi connectivity index (χ4n) is 9.18. The van der Waals surface area contributed by atoms with E-state index in [0.717, 1.165) is 76.7 Å². The van der Waals surface area contributed by atoms with Crippen LogP contribution in [0.3, 0.4) is 0 Å². The minimum atomic E-state index is -0.113. The lowest BCUT2D eigenvalue weighted by molar-refractivity contribution is -0.153. The SMILES string of the molecule is CCCCCC/C=C\COC(=O)CCCC(C)(C)CC(C)(C)CCCC(CCC(C)CC(C)CCCC)OC(=O)CC(C)(C)CC(C)(C)CN(C)C. The molecule has 0 radical (unpaired) electrons. The normalized spacial score (nSPS) is 14.9. The molecule has 0 fully saturated rings. The molecule has 0 aliphatic carbocycles. The number of carbonyl (C=O) groups is 2. The Morgan fingerprint density at radius 2 is 1.23 bits per heavy atom. The predicted molar refractivity (Wildman–Crippen MR) is 226 cm³/mol. The highest BCUT2D eigenvalue weighted by Gasteiger charge is 2.33. The van der Waals surface area contributed by atoms with Crippen molar-refractivity contribution in [3.8, 4) is 0 Å². The molecule has 0 N–H and O–H groups in total. The molecule has 0 aliphatic heterocycles. The Kier molecular flexibility index (Phi) is 25.8. The molecular weight excluding hydrogens is 643 g/mol. The van der Waals surface area contributed by atoms with Crippen LogP contribution in [0, 0.1) is 33.5 Å². The van der Waals surface area contributed by atoms with Crippen LogP contribution in [0.1, 0.15) is 212 Å². The van der Waals surface area contributed by atoms with Crippen LogP contribution in [0.25, 0.3) is 0 Å². The van der Waals surface area contributed by atoms with E-state index in [2.05, 4.69) is 108 Å². The smallest absolute Gasteiger partial charge is 0.306 e. The number of allylic oxidation sites excluding steroid dienone is 1. The van der Waals surface area contributed by atoms with Gasteiger partial charge in [0, 0.05) is 13.0 Å². The molecule has 0 aromatic rings. The Labute approximate surface area is 325 Å². The average Bonchev–Trinajstić information content (AvgIpc) is 2.97. The van der Waals surface area contributed by atoms with Crippen LogP contribution < -0.4 is 0 Å². The quantitative estimate of drug-likeness (QED) is 0.0391. The molecule has 5 nitrogen and oxygen atoms in total. The van der Waals surface area contributed by atoms with Gasteiger partial charge < -0.3 is 14.4 Å². The van der Waals surface area contributed by atoms with Gasteiger partial charge in [-0.15, -0.1) is 0 Å². The first-order valence-corrected chi connectivity index (χ1v) is 21.8. The molecule has 3 atom stereocenters. The van der Waals surface area contributed by atoms with Crippen molar-refractivity contribution < 1.29 is 19.1 Å². The highest BCUT2D eigenvalue weighted by atomic mass is 16.5. The predicted octanol–water partition coefficient (Wildman–Crippen LogP) is 13.8. The summed E-state index contributed by atoms with van der Waals surface area (Å²) >= 11 is 0. The highest BCUT2D eigenvalue weighted by Crippen LogP contribution is 2.41. The molecule has 0 saturated heterocycles. The van der Waals surface area contributed by atoms with Crippen molar-refractivity contribution in [3.63, 3.8) is 0 Å². The molecule has 0 bridgehead atoms. The molecule has 0 amide bonds. The lowest BCUT2D eigenvalue weighted by Crippen LogP contribution is -2.34. The molecule has 5 heteroatoms. The van der Waals surface area contributed by atoms with Gasteiger partial charge in [-0.25, -0.2) is 0 Å². The number of nitrogens with zero attached hydrogens (tertiary/aromatic N) is 1. The van der Waals surface area contributed by atoms with Crippen LogP contribution in [0.4, 0.5) is 0 Å². The van der Waals surface area contributed by atoms with Gasteiger partial charge >= 0.3 is 11.9 Å². The molecule has 52 heavy (non-hydrogen) atoms. The van der Waals surface area contributed by atoms with Crippen LogP contribution in [-0.2, 0) is 19.1 Å². The van der Waals surface area contributed by atoms with Gasteiger partial charge in [0.25, 0.3) is 0 Å². The van der Waals surface area contributed by atoms with Gasteiger partial charge in [0.15, 0.2) is 0 Å². The van der Waals surface area contributed by atoms with E-state index in [9.17, 15) is 9.59 Å². The van der Waals surface area contributed by atoms with Crippen LogP contribution in [0.5, 0.6) is 0 Å². The molecule has 0 aromatic carbocycles. The summed E-state index contributed by atoms with van der Waals surface area (Å²) in [6, 6.07) is 0. The van der Waals surface area contributed by atoms with Crippen molar-refractivity contribution in [2.75, 3.05) is 27.2 Å². The first-order chi connectivity index (χ1) is 24.1. The van der Waals surface area contributed by atoms with E-state index in [4.69, 9.17) is 9.47 Å². The van der Waals surface area contributed by atoms with E-state index >= 15 is 0 Å². The summed E-state index contributed by atoms with van der Waals surface area (Å²) < 4.78 is 11.8. The van der Waals surface area contributed by atoms with Gasteiger partial charge in [-0.2, -0.15) is 0 Å². The Hall–Kier alpha value is -1.36. The van der Waals surface area contributed by atoms with Crippen molar-refractivity contribution in [2.45, 2.75) is 218 Å². The summed E-state index contributed by atoms with van der Waals surface area (Å²) in [7, 11) is 4.24. The van der Waals surface area contributed by atoms with Crippen molar-refractivity contribution >= 4 is 11.9 Å². The maximum Gasteiger partial charge on any atom is 0.306 e. The number of hydrogen-bond acceptors (Lipinski definition) is 5. The fourth-order valence-corrected chi connectivity index (χ4v) is 9.18. The number of carbonyl (C=O) groups excluding carboxylic acids is 2. The molecular formula is C47H91NO4. The van der Waals surface area contributed by atoms with E-state index in [1.54, 1.807) is 0 Å². The standard InChI is InChI=1S/C47H91NO4/c1-15-17-19-20-21-22-23-33-51-42(49)28-25-32-45(7,8)36-44(5,6)31-24-27-41(30-29-40(4)34-39(3)26-18-16-2)52-43(50)35-46(9,10)37-47(11,12)38-48(13)14/h22-23,39-41H,15-21,24-38H2,1-14H3/b23-22-. The second-order valence-electron chi connectivity index (χ2n) is 20.5. The van der Waals surface area contributed by atoms with Crippen molar-refractivity contribution in [1.29, 1.82) is 0 Å². The van der Waals surface area contributed by atoms with Gasteiger partial charge in [0.05, 0.1) is 6.42 Å². The van der Waals surface area contributed by atoms with Gasteiger partial charge in [-0.05, 0) is 125 Å². The minimum absolute atomic E-state index is 0.0165. The molecule has 0 rings (SSSR count). The topological polar surface area (TPSA) is 55.8 Å². The molecule has 0 saturated carbocycles. The molecule has 308 valence electrons. The largest absolute Gasteiger partial charge is 0.462 e. The Morgan fingerprint density at radius 3 is 1.85 bits per heavy atom. The Bertz CT molecular complexity index is 962. The Morgan fingerprint density at radius 1 is 0.635 bits per heavy atom. The van der Waals surface area contributed by atoms with Gasteiger partial charge in [-0.3, -0.25) is 9.59 Å². The van der Waals surface area contributed by atoms with E-state index in [1.807, 2.05) is 6.08 Å². The van der Waals surface area contributed by atoms with Crippen LogP contribution in [0.15, 0.2) is 12.2 Å². The van der Waals surface area contributed by atoms with E-state index < -0.39 is 0 Å². The zero-order valence-corrected chi connectivity index (χ0v) is 37.5. The maximum atomic E-state index is 13.5. The first kappa shape index (κ1) is 50.6. The van der Waals surface area contributed by atoms with Crippen molar-refractivity contribution in [3.05, 3.63) is 12.2 Å². The second kappa shape index (κ2) is 26.4. The van der Waals surface area contributed by atoms with Gasteiger partial charge in [-0.1, -0.05) is 134 Å². The zero-order valence-electron chi connectivity index (χ0n) is 37.5. The summed E-state index contributed by atoms with van der Waals surface area (Å²) in [6.07, 6.45) is 25.4. The summed E-state index contributed by atoms with van der Waals surface area (Å²) in [5.41, 5.74) is 0.328. The van der Waals surface area contributed by atoms with Crippen LogP contribution >= 0.6 is 0 Å². The van der Waals surface area contributed by atoms with Crippen LogP contribution in [-0.4, -0.2) is 50.2 Å². The summed E-state index contributed by atoms with van der Waals surface area (Å²) in [5.74, 6) is 1.28. The molecule has 3 unspecified atom stereocenters. The third-order valence-corrected chi connectivity index (χ3v) is 10.8. The molecule has 0 heterocycles. The lowest BCUT2D eigenvalue weighted by atomic mass is 9.70. The lowest BCUT2D eigenvalue weighted by Gasteiger charge is -2.36. The number of rotatable bonds is 32. The van der Waals surface area contributed by atoms with Crippen molar-refractivity contribution in [1.82, 2.24) is 4.90 Å². The van der Waals surface area contributed by atoms with Crippen LogP contribution in [0.2, 0.25) is 0 Å². The third-order valence-electron chi connectivity index (χ3n) is 10.8. The second-order valence-corrected chi connectivity index (χ2v) is 20.5. The summed E-state index contributed by atoms with van der Waals surface area (Å²) in [4.78, 5) is 28.1. The first-order valence-electron chi connectivity index (χ1n) is 21.8. The summed E-state index contributed by atoms with van der Waals surface area (Å²) in [5, 5.41) is 0. The number of hydrogen-bond donors (Lipinski definition) is 0. The zero-order chi connectivity index (χ0) is 39.8. The van der Waals surface area contributed by atoms with E-state index in [1.165, 1.54) is 51.4 Å². The average molecular weight is 734 g/mol. The monoisotopic (exact) mass is 734 g/mol. The third kappa shape index (κ3) is 29.1. The van der Waals surface area contributed by atoms with E-state index in [0.29, 0.717) is 25.4 Å². The van der Waals surface area contributed by atoms with Gasteiger partial charge in [0.2, 0.25) is 0 Å². The molecule has 0 aromatic heterocycles. The number of esters is 2. The Balaban J connectivity index is 5.09. The molecule has 0 spiro atoms. The van der Waals surface area contributed by atoms with Crippen molar-refractivity contribution in [2.24, 2.45) is 33.5 Å². The fraction of sp³-hybridized carbons (Fsp3) is 0.915. The summed E-state index contributed by atoms with van der Waals surface area (Å²) in [6.45, 7) is 29.2. The highest BCUT2D eigenvalue weighted by molar-refractivity contribution is 5.70. The minimum Gasteiger partial charge on any atom is -0.462 e. The number of unbranched alkanes of at least 4 members (excludes halogenated alkanes) is 5. The molecule has 0 aliphatic rings. The van der Waals surface area contributed by atoms with E-state index in [-0.39, 0.29) is 39.7 Å². The number of ether oxygens (including phenoxy) is 2. The maximum absolute atomic E-state index is 13.5.